The molecule has 0 spiro atoms. The molecule has 3 heteroatoms. The molecule has 0 amide bonds. The van der Waals surface area contributed by atoms with E-state index in [1.54, 1.807) is 6.07 Å². The third kappa shape index (κ3) is 0.990. The number of nitrogens with one attached hydrogen (secondary N) is 1. The summed E-state index contributed by atoms with van der Waals surface area (Å²) in [6.45, 7) is 0. The van der Waals surface area contributed by atoms with E-state index in [-0.39, 0.29) is 5.82 Å². The maximum atomic E-state index is 13.6. The van der Waals surface area contributed by atoms with Gasteiger partial charge in [-0.2, -0.15) is 0 Å². The molecule has 1 fully saturated rings. The lowest BCUT2D eigenvalue weighted by atomic mass is 10.0. The van der Waals surface area contributed by atoms with E-state index in [9.17, 15) is 4.39 Å². The first-order valence-corrected chi connectivity index (χ1v) is 4.75. The fourth-order valence-electron chi connectivity index (χ4n) is 1.86. The van der Waals surface area contributed by atoms with Gasteiger partial charge in [-0.25, -0.2) is 4.39 Å². The van der Waals surface area contributed by atoms with Crippen LogP contribution in [0.3, 0.4) is 0 Å². The molecule has 0 unspecified atom stereocenters. The van der Waals surface area contributed by atoms with Gasteiger partial charge in [0, 0.05) is 28.2 Å². The number of aromatic nitrogens is 1. The number of rotatable bonds is 1. The predicted octanol–water partition coefficient (Wildman–Crippen LogP) is 2.25. The molecule has 0 bridgehead atoms. The lowest BCUT2D eigenvalue weighted by Gasteiger charge is -2.10. The molecule has 3 N–H and O–H groups in total. The van der Waals surface area contributed by atoms with E-state index in [4.69, 9.17) is 5.73 Å². The fourth-order valence-corrected chi connectivity index (χ4v) is 1.86. The lowest BCUT2D eigenvalue weighted by Crippen LogP contribution is -2.20. The number of hydrogen-bond acceptors (Lipinski definition) is 1. The number of H-pyrrole nitrogens is 1. The van der Waals surface area contributed by atoms with Crippen molar-refractivity contribution in [2.75, 3.05) is 0 Å². The van der Waals surface area contributed by atoms with Gasteiger partial charge in [-0.05, 0) is 31.0 Å². The van der Waals surface area contributed by atoms with Gasteiger partial charge in [0.05, 0.1) is 0 Å². The molecule has 72 valence electrons. The second-order valence-corrected chi connectivity index (χ2v) is 4.05. The zero-order valence-corrected chi connectivity index (χ0v) is 7.68. The summed E-state index contributed by atoms with van der Waals surface area (Å²) < 4.78 is 13.6. The minimum absolute atomic E-state index is 0.183. The van der Waals surface area contributed by atoms with E-state index in [0.29, 0.717) is 5.56 Å². The molecule has 1 aliphatic carbocycles. The third-order valence-electron chi connectivity index (χ3n) is 2.97. The first-order valence-electron chi connectivity index (χ1n) is 4.75. The van der Waals surface area contributed by atoms with Gasteiger partial charge in [-0.3, -0.25) is 0 Å². The summed E-state index contributed by atoms with van der Waals surface area (Å²) in [6.07, 6.45) is 3.58. The van der Waals surface area contributed by atoms with Crippen LogP contribution in [0.5, 0.6) is 0 Å². The Labute approximate surface area is 80.9 Å². The summed E-state index contributed by atoms with van der Waals surface area (Å²) in [7, 11) is 0. The van der Waals surface area contributed by atoms with Crippen molar-refractivity contribution >= 4 is 10.9 Å². The molecule has 0 aliphatic heterocycles. The summed E-state index contributed by atoms with van der Waals surface area (Å²) >= 11 is 0. The number of nitrogens with two attached hydrogens (primary N) is 1. The van der Waals surface area contributed by atoms with Crippen LogP contribution in [0.4, 0.5) is 4.39 Å². The molecule has 3 rings (SSSR count). The van der Waals surface area contributed by atoms with Crippen LogP contribution in [0, 0.1) is 5.82 Å². The average molecular weight is 190 g/mol. The highest BCUT2D eigenvalue weighted by Gasteiger charge is 2.42. The zero-order valence-electron chi connectivity index (χ0n) is 7.68. The second-order valence-electron chi connectivity index (χ2n) is 4.05. The minimum Gasteiger partial charge on any atom is -0.361 e. The van der Waals surface area contributed by atoms with Crippen LogP contribution in [-0.2, 0) is 5.54 Å². The molecule has 2 nitrogen and oxygen atoms in total. The Bertz CT molecular complexity index is 497. The Balaban J connectivity index is 2.27. The number of halogens is 1. The highest BCUT2D eigenvalue weighted by atomic mass is 19.1. The van der Waals surface area contributed by atoms with Gasteiger partial charge in [0.15, 0.2) is 0 Å². The Hall–Kier alpha value is -1.35. The molecular weight excluding hydrogens is 179 g/mol. The Morgan fingerprint density at radius 2 is 2.14 bits per heavy atom. The largest absolute Gasteiger partial charge is 0.361 e. The SMILES string of the molecule is NC1(c2cc3[nH]ccc3cc2F)CC1. The van der Waals surface area contributed by atoms with Crippen LogP contribution in [0.15, 0.2) is 24.4 Å². The first-order chi connectivity index (χ1) is 6.69. The molecule has 0 radical (unpaired) electrons. The Morgan fingerprint density at radius 1 is 1.36 bits per heavy atom. The second kappa shape index (κ2) is 2.36. The maximum absolute atomic E-state index is 13.6. The van der Waals surface area contributed by atoms with Crippen LogP contribution >= 0.6 is 0 Å². The van der Waals surface area contributed by atoms with Crippen molar-refractivity contribution in [3.8, 4) is 0 Å². The van der Waals surface area contributed by atoms with Gasteiger partial charge >= 0.3 is 0 Å². The van der Waals surface area contributed by atoms with Crippen molar-refractivity contribution in [3.63, 3.8) is 0 Å². The fraction of sp³-hybridized carbons (Fsp3) is 0.273. The molecule has 0 saturated heterocycles. The van der Waals surface area contributed by atoms with Gasteiger partial charge in [-0.15, -0.1) is 0 Å². The van der Waals surface area contributed by atoms with Crippen molar-refractivity contribution in [1.82, 2.24) is 4.98 Å². The maximum Gasteiger partial charge on any atom is 0.129 e. The molecule has 0 atom stereocenters. The van der Waals surface area contributed by atoms with Crippen LogP contribution in [-0.4, -0.2) is 4.98 Å². The summed E-state index contributed by atoms with van der Waals surface area (Å²) in [6, 6.07) is 5.24. The van der Waals surface area contributed by atoms with E-state index in [1.807, 2.05) is 18.3 Å². The molecule has 14 heavy (non-hydrogen) atoms. The van der Waals surface area contributed by atoms with Crippen molar-refractivity contribution in [1.29, 1.82) is 0 Å². The normalized spacial score (nSPS) is 18.7. The number of fused-ring (bicyclic) bond motifs is 1. The quantitative estimate of drug-likeness (QED) is 0.711. The molecule has 1 aliphatic rings. The molecule has 1 saturated carbocycles. The van der Waals surface area contributed by atoms with E-state index < -0.39 is 5.54 Å². The van der Waals surface area contributed by atoms with Crippen molar-refractivity contribution in [2.45, 2.75) is 18.4 Å². The monoisotopic (exact) mass is 190 g/mol. The van der Waals surface area contributed by atoms with E-state index in [2.05, 4.69) is 4.98 Å². The van der Waals surface area contributed by atoms with Crippen LogP contribution in [0.1, 0.15) is 18.4 Å². The highest BCUT2D eigenvalue weighted by molar-refractivity contribution is 5.80. The Morgan fingerprint density at radius 3 is 2.86 bits per heavy atom. The smallest absolute Gasteiger partial charge is 0.129 e. The Kier molecular flexibility index (Phi) is 1.35. The summed E-state index contributed by atoms with van der Waals surface area (Å²) in [5.41, 5.74) is 7.18. The average Bonchev–Trinajstić information content (AvgIpc) is 2.75. The zero-order chi connectivity index (χ0) is 9.76. The molecule has 1 heterocycles. The topological polar surface area (TPSA) is 41.8 Å². The highest BCUT2D eigenvalue weighted by Crippen LogP contribution is 2.44. The predicted molar refractivity (Wildman–Crippen MR) is 53.4 cm³/mol. The van der Waals surface area contributed by atoms with Crippen LogP contribution in [0.2, 0.25) is 0 Å². The van der Waals surface area contributed by atoms with Gasteiger partial charge < -0.3 is 10.7 Å². The molecule has 1 aromatic carbocycles. The van der Waals surface area contributed by atoms with Gasteiger partial charge in [0.25, 0.3) is 0 Å². The summed E-state index contributed by atoms with van der Waals surface area (Å²) in [5, 5.41) is 0.899. The van der Waals surface area contributed by atoms with Crippen molar-refractivity contribution in [2.24, 2.45) is 5.73 Å². The molecule has 2 aromatic rings. The van der Waals surface area contributed by atoms with Crippen LogP contribution in [0.25, 0.3) is 10.9 Å². The van der Waals surface area contributed by atoms with E-state index >= 15 is 0 Å². The van der Waals surface area contributed by atoms with Crippen molar-refractivity contribution in [3.05, 3.63) is 35.8 Å². The molecular formula is C11H11FN2. The summed E-state index contributed by atoms with van der Waals surface area (Å²) in [5.74, 6) is -0.183. The van der Waals surface area contributed by atoms with E-state index in [0.717, 1.165) is 23.7 Å². The van der Waals surface area contributed by atoms with Gasteiger partial charge in [0.1, 0.15) is 5.82 Å². The lowest BCUT2D eigenvalue weighted by molar-refractivity contribution is 0.580. The minimum atomic E-state index is -0.399. The third-order valence-corrected chi connectivity index (χ3v) is 2.97. The standard InChI is InChI=1S/C11H11FN2/c12-9-5-7-1-4-14-10(7)6-8(9)11(13)2-3-11/h1,4-6,14H,2-3,13H2. The van der Waals surface area contributed by atoms with E-state index in [1.165, 1.54) is 0 Å². The molecule has 1 aromatic heterocycles. The number of hydrogen-bond donors (Lipinski definition) is 2. The van der Waals surface area contributed by atoms with Gasteiger partial charge in [-0.1, -0.05) is 0 Å². The number of benzene rings is 1. The van der Waals surface area contributed by atoms with Crippen molar-refractivity contribution < 1.29 is 4.39 Å². The summed E-state index contributed by atoms with van der Waals surface area (Å²) in [4.78, 5) is 3.06. The number of aromatic amines is 1. The van der Waals surface area contributed by atoms with Crippen LogP contribution < -0.4 is 5.73 Å². The van der Waals surface area contributed by atoms with Gasteiger partial charge in [0.2, 0.25) is 0 Å². The first kappa shape index (κ1) is 8.00.